The van der Waals surface area contributed by atoms with Crippen molar-refractivity contribution in [1.82, 2.24) is 5.32 Å². The number of hydrogen-bond acceptors (Lipinski definition) is 2. The number of allylic oxidation sites excluding steroid dienone is 1. The van der Waals surface area contributed by atoms with Crippen molar-refractivity contribution in [2.75, 3.05) is 17.7 Å². The van der Waals surface area contributed by atoms with E-state index in [1.165, 1.54) is 0 Å². The minimum Gasteiger partial charge on any atom is -0.341 e. The fourth-order valence-electron chi connectivity index (χ4n) is 2.05. The Morgan fingerprint density at radius 1 is 0.917 bits per heavy atom. The van der Waals surface area contributed by atoms with E-state index in [-0.39, 0.29) is 11.9 Å². The lowest BCUT2D eigenvalue weighted by molar-refractivity contribution is -0.116. The van der Waals surface area contributed by atoms with Crippen LogP contribution in [0.25, 0.3) is 6.08 Å². The average molecular weight is 323 g/mol. The third kappa shape index (κ3) is 5.96. The summed E-state index contributed by atoms with van der Waals surface area (Å²) in [7, 11) is 1.55. The first-order valence-corrected chi connectivity index (χ1v) is 7.77. The zero-order valence-electron chi connectivity index (χ0n) is 13.6. The number of benzene rings is 2. The molecule has 0 aliphatic carbocycles. The highest BCUT2D eigenvalue weighted by molar-refractivity contribution is 5.92. The summed E-state index contributed by atoms with van der Waals surface area (Å²) in [6.07, 6.45) is 5.09. The van der Waals surface area contributed by atoms with Gasteiger partial charge in [-0.1, -0.05) is 42.5 Å². The molecule has 124 valence electrons. The van der Waals surface area contributed by atoms with Gasteiger partial charge in [-0.2, -0.15) is 0 Å². The molecule has 0 aliphatic rings. The van der Waals surface area contributed by atoms with Crippen LogP contribution >= 0.6 is 0 Å². The molecule has 0 heterocycles. The molecular weight excluding hydrogens is 302 g/mol. The van der Waals surface area contributed by atoms with Crippen LogP contribution in [-0.2, 0) is 4.79 Å². The second kappa shape index (κ2) is 9.15. The fraction of sp³-hybridized carbons (Fsp3) is 0.158. The Hall–Kier alpha value is -3.08. The van der Waals surface area contributed by atoms with Gasteiger partial charge in [0.05, 0.1) is 0 Å². The summed E-state index contributed by atoms with van der Waals surface area (Å²) in [5.74, 6) is -0.0419. The lowest BCUT2D eigenvalue weighted by Crippen LogP contribution is -2.24. The number of rotatable bonds is 6. The van der Waals surface area contributed by atoms with Gasteiger partial charge in [-0.15, -0.1) is 0 Å². The molecule has 0 aliphatic heterocycles. The molecule has 2 aromatic carbocycles. The minimum atomic E-state index is -0.281. The summed E-state index contributed by atoms with van der Waals surface area (Å²) in [6.45, 7) is 0. The van der Waals surface area contributed by atoms with Gasteiger partial charge in [-0.3, -0.25) is 4.79 Å². The molecule has 0 bridgehead atoms. The maximum Gasteiger partial charge on any atom is 0.318 e. The Bertz CT molecular complexity index is 694. The maximum absolute atomic E-state index is 11.9. The van der Waals surface area contributed by atoms with Gasteiger partial charge in [0, 0.05) is 24.8 Å². The zero-order chi connectivity index (χ0) is 17.2. The monoisotopic (exact) mass is 323 g/mol. The third-order valence-electron chi connectivity index (χ3n) is 3.30. The first kappa shape index (κ1) is 17.3. The first-order chi connectivity index (χ1) is 11.7. The number of hydrogen-bond donors (Lipinski definition) is 3. The summed E-state index contributed by atoms with van der Waals surface area (Å²) in [6, 6.07) is 16.7. The second-order valence-corrected chi connectivity index (χ2v) is 5.18. The molecular formula is C19H21N3O2. The lowest BCUT2D eigenvalue weighted by atomic mass is 10.2. The van der Waals surface area contributed by atoms with Gasteiger partial charge >= 0.3 is 6.03 Å². The molecule has 2 aromatic rings. The number of anilines is 2. The Labute approximate surface area is 141 Å². The van der Waals surface area contributed by atoms with Crippen LogP contribution in [0.4, 0.5) is 16.2 Å². The van der Waals surface area contributed by atoms with Crippen molar-refractivity contribution in [3.05, 3.63) is 66.2 Å². The predicted molar refractivity (Wildman–Crippen MR) is 97.9 cm³/mol. The summed E-state index contributed by atoms with van der Waals surface area (Å²) >= 11 is 0. The highest BCUT2D eigenvalue weighted by Crippen LogP contribution is 2.14. The molecule has 0 spiro atoms. The van der Waals surface area contributed by atoms with Crippen molar-refractivity contribution in [1.29, 1.82) is 0 Å². The smallest absolute Gasteiger partial charge is 0.318 e. The first-order valence-electron chi connectivity index (χ1n) is 7.77. The van der Waals surface area contributed by atoms with Gasteiger partial charge in [-0.25, -0.2) is 4.79 Å². The van der Waals surface area contributed by atoms with Gasteiger partial charge in [0.2, 0.25) is 5.91 Å². The molecule has 2 rings (SSSR count). The van der Waals surface area contributed by atoms with Crippen molar-refractivity contribution < 1.29 is 9.59 Å². The molecule has 0 unspecified atom stereocenters. The van der Waals surface area contributed by atoms with Crippen LogP contribution in [0.15, 0.2) is 60.7 Å². The summed E-state index contributed by atoms with van der Waals surface area (Å²) in [5, 5.41) is 7.97. The van der Waals surface area contributed by atoms with Crippen molar-refractivity contribution >= 4 is 29.4 Å². The third-order valence-corrected chi connectivity index (χ3v) is 3.30. The number of nitrogens with one attached hydrogen (secondary N) is 3. The largest absolute Gasteiger partial charge is 0.341 e. The average Bonchev–Trinajstić information content (AvgIpc) is 2.61. The van der Waals surface area contributed by atoms with Gasteiger partial charge < -0.3 is 16.0 Å². The molecule has 0 saturated carbocycles. The SMILES string of the molecule is CNC(=O)Nc1ccc(NC(=O)CC/C=C/c2ccccc2)cc1. The molecule has 5 heteroatoms. The highest BCUT2D eigenvalue weighted by Gasteiger charge is 2.02. The summed E-state index contributed by atoms with van der Waals surface area (Å²) < 4.78 is 0. The Kier molecular flexibility index (Phi) is 6.58. The predicted octanol–water partition coefficient (Wildman–Crippen LogP) is 3.87. The van der Waals surface area contributed by atoms with Gasteiger partial charge in [-0.05, 0) is 36.2 Å². The Morgan fingerprint density at radius 2 is 1.54 bits per heavy atom. The number of carbonyl (C=O) groups excluding carboxylic acids is 2. The minimum absolute atomic E-state index is 0.0419. The van der Waals surface area contributed by atoms with Crippen LogP contribution in [-0.4, -0.2) is 19.0 Å². The quantitative estimate of drug-likeness (QED) is 0.755. The van der Waals surface area contributed by atoms with Crippen LogP contribution < -0.4 is 16.0 Å². The van der Waals surface area contributed by atoms with E-state index in [4.69, 9.17) is 0 Å². The molecule has 3 N–H and O–H groups in total. The van der Waals surface area contributed by atoms with Gasteiger partial charge in [0.15, 0.2) is 0 Å². The number of urea groups is 1. The molecule has 0 aromatic heterocycles. The fourth-order valence-corrected chi connectivity index (χ4v) is 2.05. The van der Waals surface area contributed by atoms with E-state index in [9.17, 15) is 9.59 Å². The number of carbonyl (C=O) groups is 2. The summed E-state index contributed by atoms with van der Waals surface area (Å²) in [5.41, 5.74) is 2.49. The summed E-state index contributed by atoms with van der Waals surface area (Å²) in [4.78, 5) is 23.1. The van der Waals surface area contributed by atoms with Crippen LogP contribution in [0.1, 0.15) is 18.4 Å². The van der Waals surface area contributed by atoms with E-state index in [0.29, 0.717) is 24.2 Å². The number of amides is 3. The van der Waals surface area contributed by atoms with E-state index in [1.54, 1.807) is 31.3 Å². The van der Waals surface area contributed by atoms with E-state index >= 15 is 0 Å². The zero-order valence-corrected chi connectivity index (χ0v) is 13.6. The molecule has 5 nitrogen and oxygen atoms in total. The van der Waals surface area contributed by atoms with E-state index in [2.05, 4.69) is 16.0 Å². The van der Waals surface area contributed by atoms with Crippen LogP contribution in [0, 0.1) is 0 Å². The molecule has 24 heavy (non-hydrogen) atoms. The molecule has 0 saturated heterocycles. The second-order valence-electron chi connectivity index (χ2n) is 5.18. The standard InChI is InChI=1S/C19H21N3O2/c1-20-19(24)22-17-13-11-16(12-14-17)21-18(23)10-6-5-9-15-7-3-2-4-8-15/h2-5,7-9,11-14H,6,10H2,1H3,(H,21,23)(H2,20,22,24)/b9-5+. The van der Waals surface area contributed by atoms with E-state index in [0.717, 1.165) is 5.56 Å². The van der Waals surface area contributed by atoms with Crippen LogP contribution in [0.2, 0.25) is 0 Å². The molecule has 0 radical (unpaired) electrons. The Balaban J connectivity index is 1.76. The molecule has 3 amide bonds. The van der Waals surface area contributed by atoms with Crippen molar-refractivity contribution in [3.63, 3.8) is 0 Å². The van der Waals surface area contributed by atoms with Crippen LogP contribution in [0.5, 0.6) is 0 Å². The lowest BCUT2D eigenvalue weighted by Gasteiger charge is -2.07. The van der Waals surface area contributed by atoms with Gasteiger partial charge in [0.25, 0.3) is 0 Å². The molecule has 0 atom stereocenters. The van der Waals surface area contributed by atoms with E-state index < -0.39 is 0 Å². The maximum atomic E-state index is 11.9. The highest BCUT2D eigenvalue weighted by atomic mass is 16.2. The Morgan fingerprint density at radius 3 is 2.17 bits per heavy atom. The van der Waals surface area contributed by atoms with Crippen molar-refractivity contribution in [2.45, 2.75) is 12.8 Å². The normalized spacial score (nSPS) is 10.4. The van der Waals surface area contributed by atoms with Gasteiger partial charge in [0.1, 0.15) is 0 Å². The van der Waals surface area contributed by atoms with Crippen LogP contribution in [0.3, 0.4) is 0 Å². The van der Waals surface area contributed by atoms with Crippen molar-refractivity contribution in [3.8, 4) is 0 Å². The van der Waals surface area contributed by atoms with E-state index in [1.807, 2.05) is 42.5 Å². The molecule has 0 fully saturated rings. The topological polar surface area (TPSA) is 70.2 Å². The van der Waals surface area contributed by atoms with Crippen molar-refractivity contribution in [2.24, 2.45) is 0 Å².